The number of carbonyl (C=O) groups excluding carboxylic acids is 2. The fourth-order valence-corrected chi connectivity index (χ4v) is 4.95. The predicted molar refractivity (Wildman–Crippen MR) is 119 cm³/mol. The van der Waals surface area contributed by atoms with Crippen molar-refractivity contribution < 1.29 is 14.3 Å². The number of thioether (sulfide) groups is 1. The van der Waals surface area contributed by atoms with Gasteiger partial charge < -0.3 is 4.74 Å². The van der Waals surface area contributed by atoms with Gasteiger partial charge in [0.25, 0.3) is 0 Å². The van der Waals surface area contributed by atoms with Gasteiger partial charge in [0.05, 0.1) is 6.42 Å². The van der Waals surface area contributed by atoms with Crippen LogP contribution in [-0.4, -0.2) is 22.8 Å². The number of Topliss-reactive ketones (excluding diaryl/α,β-unsaturated/α-hetero) is 1. The summed E-state index contributed by atoms with van der Waals surface area (Å²) in [6.45, 7) is 2.17. The van der Waals surface area contributed by atoms with Crippen LogP contribution >= 0.6 is 11.8 Å². The molecule has 0 spiro atoms. The molecule has 0 saturated carbocycles. The van der Waals surface area contributed by atoms with E-state index in [1.165, 1.54) is 17.3 Å². The van der Waals surface area contributed by atoms with E-state index in [9.17, 15) is 9.59 Å². The Bertz CT molecular complexity index is 770. The fraction of sp³-hybridized carbons (Fsp3) is 0.440. The summed E-state index contributed by atoms with van der Waals surface area (Å²) in [5, 5.41) is -0.703. The number of esters is 1. The minimum atomic E-state index is -0.806. The van der Waals surface area contributed by atoms with Gasteiger partial charge >= 0.3 is 5.97 Å². The minimum absolute atomic E-state index is 0.00124. The zero-order chi connectivity index (χ0) is 20.5. The van der Waals surface area contributed by atoms with E-state index in [4.69, 9.17) is 4.74 Å². The molecule has 2 atom stereocenters. The van der Waals surface area contributed by atoms with E-state index >= 15 is 0 Å². The quantitative estimate of drug-likeness (QED) is 0.286. The summed E-state index contributed by atoms with van der Waals surface area (Å²) in [5.41, 5.74) is 1.34. The highest BCUT2D eigenvalue weighted by molar-refractivity contribution is 8.01. The Kier molecular flexibility index (Phi) is 7.93. The molecule has 1 aliphatic rings. The number of hydrogen-bond donors (Lipinski definition) is 0. The van der Waals surface area contributed by atoms with Crippen LogP contribution in [0.2, 0.25) is 0 Å². The van der Waals surface area contributed by atoms with Crippen LogP contribution in [0.15, 0.2) is 60.7 Å². The van der Waals surface area contributed by atoms with E-state index in [1.54, 1.807) is 0 Å². The normalized spacial score (nSPS) is 21.8. The highest BCUT2D eigenvalue weighted by atomic mass is 32.2. The molecular formula is C25H30O3S. The number of rotatable bonds is 10. The van der Waals surface area contributed by atoms with Gasteiger partial charge in [0.2, 0.25) is 0 Å². The molecule has 0 bridgehead atoms. The summed E-state index contributed by atoms with van der Waals surface area (Å²) in [6, 6.07) is 19.9. The summed E-state index contributed by atoms with van der Waals surface area (Å²) < 4.78 is 6.05. The smallest absolute Gasteiger partial charge is 0.327 e. The van der Waals surface area contributed by atoms with Gasteiger partial charge in [-0.3, -0.25) is 9.59 Å². The Balaban J connectivity index is 1.66. The van der Waals surface area contributed by atoms with E-state index in [2.05, 4.69) is 19.1 Å². The van der Waals surface area contributed by atoms with Crippen molar-refractivity contribution in [1.82, 2.24) is 0 Å². The lowest BCUT2D eigenvalue weighted by molar-refractivity contribution is -0.172. The Labute approximate surface area is 178 Å². The molecule has 2 unspecified atom stereocenters. The third-order valence-corrected chi connectivity index (χ3v) is 6.74. The number of unbranched alkanes of at least 4 members (excludes halogenated alkanes) is 3. The van der Waals surface area contributed by atoms with Gasteiger partial charge in [-0.2, -0.15) is 0 Å². The number of benzene rings is 2. The van der Waals surface area contributed by atoms with Gasteiger partial charge in [-0.15, -0.1) is 11.8 Å². The highest BCUT2D eigenvalue weighted by Gasteiger charge is 2.47. The lowest BCUT2D eigenvalue weighted by atomic mass is 9.81. The third-order valence-electron chi connectivity index (χ3n) is 5.51. The number of cyclic esters (lactones) is 1. The first-order chi connectivity index (χ1) is 14.1. The van der Waals surface area contributed by atoms with E-state index in [1.807, 2.05) is 48.5 Å². The number of ketones is 1. The molecule has 0 aliphatic carbocycles. The first-order valence-corrected chi connectivity index (χ1v) is 11.7. The first-order valence-electron chi connectivity index (χ1n) is 10.6. The molecule has 0 amide bonds. The van der Waals surface area contributed by atoms with Crippen LogP contribution < -0.4 is 0 Å². The van der Waals surface area contributed by atoms with Gasteiger partial charge in [-0.25, -0.2) is 0 Å². The predicted octanol–water partition coefficient (Wildman–Crippen LogP) is 5.71. The van der Waals surface area contributed by atoms with Crippen LogP contribution in [0.1, 0.15) is 56.6 Å². The summed E-state index contributed by atoms with van der Waals surface area (Å²) in [4.78, 5) is 25.9. The van der Waals surface area contributed by atoms with Crippen LogP contribution in [0.5, 0.6) is 0 Å². The van der Waals surface area contributed by atoms with Gasteiger partial charge in [0.15, 0.2) is 11.0 Å². The maximum atomic E-state index is 13.0. The second kappa shape index (κ2) is 10.6. The second-order valence-corrected chi connectivity index (χ2v) is 8.93. The number of aryl methyl sites for hydroxylation is 1. The molecule has 3 rings (SSSR count). The number of ether oxygens (including phenoxy) is 1. The molecule has 3 nitrogen and oxygen atoms in total. The zero-order valence-corrected chi connectivity index (χ0v) is 18.0. The Morgan fingerprint density at radius 2 is 1.66 bits per heavy atom. The second-order valence-electron chi connectivity index (χ2n) is 7.72. The molecule has 0 radical (unpaired) electrons. The van der Waals surface area contributed by atoms with Crippen molar-refractivity contribution >= 4 is 23.5 Å². The van der Waals surface area contributed by atoms with E-state index in [-0.39, 0.29) is 18.2 Å². The van der Waals surface area contributed by atoms with Crippen molar-refractivity contribution in [3.63, 3.8) is 0 Å². The number of hydrogen-bond acceptors (Lipinski definition) is 4. The van der Waals surface area contributed by atoms with Crippen molar-refractivity contribution in [2.24, 2.45) is 0 Å². The van der Waals surface area contributed by atoms with Gasteiger partial charge in [-0.05, 0) is 36.1 Å². The molecule has 0 aromatic heterocycles. The highest BCUT2D eigenvalue weighted by Crippen LogP contribution is 2.41. The molecule has 1 fully saturated rings. The molecule has 154 valence electrons. The first kappa shape index (κ1) is 21.6. The van der Waals surface area contributed by atoms with Crippen LogP contribution in [0, 0.1) is 0 Å². The van der Waals surface area contributed by atoms with E-state index in [0.717, 1.165) is 43.4 Å². The Hall–Kier alpha value is -2.07. The Morgan fingerprint density at radius 3 is 2.31 bits per heavy atom. The minimum Gasteiger partial charge on any atom is -0.453 e. The van der Waals surface area contributed by atoms with Gasteiger partial charge in [0.1, 0.15) is 5.60 Å². The van der Waals surface area contributed by atoms with Crippen LogP contribution in [0.25, 0.3) is 0 Å². The average Bonchev–Trinajstić information content (AvgIpc) is 2.75. The fourth-order valence-electron chi connectivity index (χ4n) is 3.91. The van der Waals surface area contributed by atoms with Crippen molar-refractivity contribution in [2.45, 2.75) is 62.7 Å². The molecule has 1 heterocycles. The summed E-state index contributed by atoms with van der Waals surface area (Å²) in [5.74, 6) is 0.349. The largest absolute Gasteiger partial charge is 0.453 e. The molecular weight excluding hydrogens is 380 g/mol. The van der Waals surface area contributed by atoms with Crippen LogP contribution in [0.3, 0.4) is 0 Å². The van der Waals surface area contributed by atoms with Crippen molar-refractivity contribution in [1.29, 1.82) is 0 Å². The molecule has 1 saturated heterocycles. The summed E-state index contributed by atoms with van der Waals surface area (Å²) >= 11 is 1.41. The van der Waals surface area contributed by atoms with Crippen molar-refractivity contribution in [2.75, 3.05) is 5.75 Å². The maximum absolute atomic E-state index is 13.0. The topological polar surface area (TPSA) is 43.4 Å². The number of carbonyl (C=O) groups is 2. The van der Waals surface area contributed by atoms with Crippen molar-refractivity contribution in [3.8, 4) is 0 Å². The van der Waals surface area contributed by atoms with Crippen LogP contribution in [0.4, 0.5) is 0 Å². The Morgan fingerprint density at radius 1 is 0.966 bits per heavy atom. The lowest BCUT2D eigenvalue weighted by Gasteiger charge is -2.39. The van der Waals surface area contributed by atoms with Crippen molar-refractivity contribution in [3.05, 3.63) is 71.8 Å². The SMILES string of the molecule is CCCCCCC1(c2ccccc2)CC(=O)C(SCCc2ccccc2)C(=O)O1. The summed E-state index contributed by atoms with van der Waals surface area (Å²) in [7, 11) is 0. The van der Waals surface area contributed by atoms with Gasteiger partial charge in [0, 0.05) is 0 Å². The molecule has 29 heavy (non-hydrogen) atoms. The lowest BCUT2D eigenvalue weighted by Crippen LogP contribution is -2.47. The molecule has 4 heteroatoms. The summed E-state index contributed by atoms with van der Waals surface area (Å²) in [6.07, 6.45) is 6.17. The average molecular weight is 411 g/mol. The van der Waals surface area contributed by atoms with Gasteiger partial charge in [-0.1, -0.05) is 86.8 Å². The molecule has 2 aromatic rings. The molecule has 0 N–H and O–H groups in total. The monoisotopic (exact) mass is 410 g/mol. The standard InChI is InChI=1S/C25H30O3S/c1-2-3-4-11-17-25(21-14-9-6-10-15-21)19-22(26)23(24(27)28-25)29-18-16-20-12-7-5-8-13-20/h5-10,12-15,23H,2-4,11,16-19H2,1H3. The zero-order valence-electron chi connectivity index (χ0n) is 17.1. The van der Waals surface area contributed by atoms with E-state index < -0.39 is 10.9 Å². The molecule has 2 aromatic carbocycles. The maximum Gasteiger partial charge on any atom is 0.327 e. The van der Waals surface area contributed by atoms with E-state index in [0.29, 0.717) is 6.42 Å². The van der Waals surface area contributed by atoms with Crippen LogP contribution in [-0.2, 0) is 26.3 Å². The third kappa shape index (κ3) is 5.72. The molecule has 1 aliphatic heterocycles.